The van der Waals surface area contributed by atoms with Crippen molar-refractivity contribution < 1.29 is 14.3 Å². The number of nitrogens with zero attached hydrogens (tertiary/aromatic N) is 2. The van der Waals surface area contributed by atoms with Gasteiger partial charge in [0.15, 0.2) is 0 Å². The fourth-order valence-corrected chi connectivity index (χ4v) is 3.75. The number of ether oxygens (including phenoxy) is 2. The number of nitrogens with one attached hydrogen (secondary N) is 1. The smallest absolute Gasteiger partial charge is 0.267 e. The zero-order valence-electron chi connectivity index (χ0n) is 16.5. The van der Waals surface area contributed by atoms with E-state index in [1.807, 2.05) is 35.8 Å². The molecule has 1 aromatic heterocycles. The van der Waals surface area contributed by atoms with Gasteiger partial charge in [-0.25, -0.2) is 0 Å². The minimum Gasteiger partial charge on any atom is -0.493 e. The van der Waals surface area contributed by atoms with E-state index in [-0.39, 0.29) is 5.91 Å². The number of rotatable bonds is 9. The fourth-order valence-electron chi connectivity index (χ4n) is 3.75. The molecular weight excluding hydrogens is 342 g/mol. The molecule has 1 aromatic carbocycles. The Bertz CT molecular complexity index is 750. The highest BCUT2D eigenvalue weighted by Gasteiger charge is 2.18. The van der Waals surface area contributed by atoms with Crippen LogP contribution in [0.1, 0.15) is 36.7 Å². The number of methoxy groups -OCH3 is 1. The van der Waals surface area contributed by atoms with Gasteiger partial charge in [-0.05, 0) is 51.1 Å². The van der Waals surface area contributed by atoms with Crippen LogP contribution in [-0.2, 0) is 11.3 Å². The van der Waals surface area contributed by atoms with Crippen LogP contribution in [0.3, 0.4) is 0 Å². The number of aromatic nitrogens is 1. The minimum absolute atomic E-state index is 0.0400. The third-order valence-electron chi connectivity index (χ3n) is 5.12. The van der Waals surface area contributed by atoms with Gasteiger partial charge in [0.25, 0.3) is 5.91 Å². The molecule has 1 aliphatic rings. The molecule has 6 nitrogen and oxygen atoms in total. The Morgan fingerprint density at radius 2 is 2.00 bits per heavy atom. The molecule has 148 valence electrons. The summed E-state index contributed by atoms with van der Waals surface area (Å²) in [5, 5.41) is 4.06. The van der Waals surface area contributed by atoms with E-state index < -0.39 is 0 Å². The molecule has 1 saturated heterocycles. The molecule has 0 atom stereocenters. The van der Waals surface area contributed by atoms with Crippen LogP contribution in [0.2, 0.25) is 0 Å². The lowest BCUT2D eigenvalue weighted by molar-refractivity contribution is 0.0935. The maximum Gasteiger partial charge on any atom is 0.267 e. The summed E-state index contributed by atoms with van der Waals surface area (Å²) < 4.78 is 13.0. The molecule has 0 saturated carbocycles. The van der Waals surface area contributed by atoms with Crippen molar-refractivity contribution in [2.24, 2.45) is 0 Å². The highest BCUT2D eigenvalue weighted by Crippen LogP contribution is 2.29. The van der Waals surface area contributed by atoms with Crippen molar-refractivity contribution in [2.75, 3.05) is 46.5 Å². The number of hydrogen-bond donors (Lipinski definition) is 1. The maximum atomic E-state index is 12.9. The summed E-state index contributed by atoms with van der Waals surface area (Å²) in [5.41, 5.74) is 1.66. The minimum atomic E-state index is -0.0400. The average molecular weight is 373 g/mol. The second-order valence-corrected chi connectivity index (χ2v) is 6.95. The number of piperidine rings is 1. The largest absolute Gasteiger partial charge is 0.493 e. The second kappa shape index (κ2) is 9.76. The molecule has 0 radical (unpaired) electrons. The summed E-state index contributed by atoms with van der Waals surface area (Å²) >= 11 is 0. The lowest BCUT2D eigenvalue weighted by atomic mass is 10.1. The number of benzene rings is 1. The molecule has 6 heteroatoms. The summed E-state index contributed by atoms with van der Waals surface area (Å²) in [6.45, 7) is 7.61. The third-order valence-corrected chi connectivity index (χ3v) is 5.12. The van der Waals surface area contributed by atoms with Crippen LogP contribution in [0.15, 0.2) is 24.3 Å². The van der Waals surface area contributed by atoms with E-state index in [0.717, 1.165) is 36.3 Å². The maximum absolute atomic E-state index is 12.9. The van der Waals surface area contributed by atoms with Crippen LogP contribution in [-0.4, -0.2) is 61.9 Å². The Morgan fingerprint density at radius 1 is 1.19 bits per heavy atom. The molecule has 0 unspecified atom stereocenters. The monoisotopic (exact) mass is 373 g/mol. The Morgan fingerprint density at radius 3 is 2.74 bits per heavy atom. The van der Waals surface area contributed by atoms with E-state index in [9.17, 15) is 4.79 Å². The summed E-state index contributed by atoms with van der Waals surface area (Å²) in [5.74, 6) is 0.773. The number of likely N-dealkylation sites (tertiary alicyclic amines) is 1. The van der Waals surface area contributed by atoms with Crippen molar-refractivity contribution in [3.05, 3.63) is 30.0 Å². The second-order valence-electron chi connectivity index (χ2n) is 6.95. The number of amides is 1. The number of carbonyl (C=O) groups is 1. The van der Waals surface area contributed by atoms with Gasteiger partial charge < -0.3 is 24.3 Å². The number of fused-ring (bicyclic) bond motifs is 1. The topological polar surface area (TPSA) is 55.7 Å². The van der Waals surface area contributed by atoms with E-state index in [4.69, 9.17) is 9.47 Å². The van der Waals surface area contributed by atoms with Crippen molar-refractivity contribution >= 4 is 16.8 Å². The van der Waals surface area contributed by atoms with E-state index >= 15 is 0 Å². The Balaban J connectivity index is 1.76. The first-order valence-electron chi connectivity index (χ1n) is 9.99. The zero-order chi connectivity index (χ0) is 19.1. The van der Waals surface area contributed by atoms with Crippen LogP contribution in [0, 0.1) is 0 Å². The third kappa shape index (κ3) is 4.82. The molecule has 1 fully saturated rings. The molecule has 0 aliphatic carbocycles. The van der Waals surface area contributed by atoms with Crippen LogP contribution in [0.25, 0.3) is 10.9 Å². The summed E-state index contributed by atoms with van der Waals surface area (Å²) in [7, 11) is 1.68. The normalized spacial score (nSPS) is 15.2. The van der Waals surface area contributed by atoms with E-state index in [0.29, 0.717) is 32.0 Å². The van der Waals surface area contributed by atoms with Gasteiger partial charge in [-0.15, -0.1) is 0 Å². The van der Waals surface area contributed by atoms with E-state index in [2.05, 4.69) is 10.2 Å². The van der Waals surface area contributed by atoms with Crippen LogP contribution < -0.4 is 10.1 Å². The summed E-state index contributed by atoms with van der Waals surface area (Å²) in [6.07, 6.45) is 3.85. The van der Waals surface area contributed by atoms with Crippen LogP contribution in [0.4, 0.5) is 0 Å². The SMILES string of the molecule is CCOc1cccc2c1cc(C(=O)NCCN1CCCCC1)n2CCOC. The average Bonchev–Trinajstić information content (AvgIpc) is 3.07. The number of carbonyl (C=O) groups excluding carboxylic acids is 1. The van der Waals surface area contributed by atoms with Gasteiger partial charge in [0, 0.05) is 32.1 Å². The molecule has 27 heavy (non-hydrogen) atoms. The van der Waals surface area contributed by atoms with Gasteiger partial charge in [-0.2, -0.15) is 0 Å². The molecule has 1 amide bonds. The van der Waals surface area contributed by atoms with Crippen LogP contribution >= 0.6 is 0 Å². The Hall–Kier alpha value is -2.05. The lowest BCUT2D eigenvalue weighted by Gasteiger charge is -2.26. The Kier molecular flexibility index (Phi) is 7.12. The molecule has 1 N–H and O–H groups in total. The Labute approximate surface area is 161 Å². The lowest BCUT2D eigenvalue weighted by Crippen LogP contribution is -2.38. The molecule has 2 aromatic rings. The van der Waals surface area contributed by atoms with Gasteiger partial charge in [0.1, 0.15) is 11.4 Å². The first-order valence-corrected chi connectivity index (χ1v) is 9.99. The molecule has 2 heterocycles. The molecule has 1 aliphatic heterocycles. The van der Waals surface area contributed by atoms with Gasteiger partial charge in [-0.1, -0.05) is 12.5 Å². The first-order chi connectivity index (χ1) is 13.2. The standard InChI is InChI=1S/C21H31N3O3/c1-3-27-20-9-7-8-18-17(20)16-19(24(18)14-15-26-2)21(25)22-10-13-23-11-5-4-6-12-23/h7-9,16H,3-6,10-15H2,1-2H3,(H,22,25). The molecular formula is C21H31N3O3. The highest BCUT2D eigenvalue weighted by atomic mass is 16.5. The van der Waals surface area contributed by atoms with Crippen molar-refractivity contribution in [1.29, 1.82) is 0 Å². The quantitative estimate of drug-likeness (QED) is 0.734. The van der Waals surface area contributed by atoms with E-state index in [1.165, 1.54) is 19.3 Å². The van der Waals surface area contributed by atoms with Gasteiger partial charge in [0.2, 0.25) is 0 Å². The van der Waals surface area contributed by atoms with Gasteiger partial charge in [-0.3, -0.25) is 4.79 Å². The van der Waals surface area contributed by atoms with Crippen molar-refractivity contribution in [3.63, 3.8) is 0 Å². The summed E-state index contributed by atoms with van der Waals surface area (Å²) in [6, 6.07) is 7.88. The van der Waals surface area contributed by atoms with Crippen LogP contribution in [0.5, 0.6) is 5.75 Å². The van der Waals surface area contributed by atoms with E-state index in [1.54, 1.807) is 7.11 Å². The summed E-state index contributed by atoms with van der Waals surface area (Å²) in [4.78, 5) is 15.3. The van der Waals surface area contributed by atoms with Gasteiger partial charge in [0.05, 0.1) is 18.7 Å². The highest BCUT2D eigenvalue weighted by molar-refractivity contribution is 6.00. The van der Waals surface area contributed by atoms with Crippen molar-refractivity contribution in [1.82, 2.24) is 14.8 Å². The predicted molar refractivity (Wildman–Crippen MR) is 108 cm³/mol. The molecule has 3 rings (SSSR count). The predicted octanol–water partition coefficient (Wildman–Crippen LogP) is 2.90. The van der Waals surface area contributed by atoms with Gasteiger partial charge >= 0.3 is 0 Å². The first kappa shape index (κ1) is 19.7. The fraction of sp³-hybridized carbons (Fsp3) is 0.571. The van der Waals surface area contributed by atoms with Crippen molar-refractivity contribution in [3.8, 4) is 5.75 Å². The number of hydrogen-bond acceptors (Lipinski definition) is 4. The molecule has 0 spiro atoms. The zero-order valence-corrected chi connectivity index (χ0v) is 16.5. The van der Waals surface area contributed by atoms with Crippen molar-refractivity contribution in [2.45, 2.75) is 32.7 Å². The molecule has 0 bridgehead atoms.